The van der Waals surface area contributed by atoms with Crippen LogP contribution >= 0.6 is 0 Å². The van der Waals surface area contributed by atoms with Gasteiger partial charge in [-0.15, -0.1) is 0 Å². The summed E-state index contributed by atoms with van der Waals surface area (Å²) in [5.41, 5.74) is 4.15. The summed E-state index contributed by atoms with van der Waals surface area (Å²) in [6, 6.07) is 8.70. The molecule has 0 spiro atoms. The maximum Gasteiger partial charge on any atom is 0.416 e. The van der Waals surface area contributed by atoms with Crippen molar-refractivity contribution in [3.8, 4) is 11.1 Å². The van der Waals surface area contributed by atoms with Crippen molar-refractivity contribution in [2.75, 3.05) is 0 Å². The second kappa shape index (κ2) is 13.1. The monoisotopic (exact) mass is 579 g/mol. The highest BCUT2D eigenvalue weighted by Gasteiger charge is 2.38. The summed E-state index contributed by atoms with van der Waals surface area (Å²) in [6.07, 6.45) is -6.05. The summed E-state index contributed by atoms with van der Waals surface area (Å²) in [6.45, 7) is 14.2. The molecular weight excluding hydrogens is 540 g/mol. The van der Waals surface area contributed by atoms with Crippen molar-refractivity contribution in [1.29, 1.82) is 5.41 Å². The molecule has 4 rings (SSSR count). The van der Waals surface area contributed by atoms with Crippen LogP contribution in [-0.2, 0) is 17.8 Å². The van der Waals surface area contributed by atoms with E-state index in [-0.39, 0.29) is 45.4 Å². The minimum Gasteiger partial charge on any atom is -0.383 e. The number of halogens is 6. The van der Waals surface area contributed by atoms with Gasteiger partial charge in [0.2, 0.25) is 0 Å². The standard InChI is InChI=1S/C28H27F6N3.2C2H6/c1-4-5-6-9-26(2,3)17-8-7-15-12-21-23(25(36)37-24(21)35)22(20(15)14-17)16-10-18(27(29,30)31)13-19(11-16)28(32,33)34;2*1-2/h7-8,10-14H,4-6,9H2,1-3H3,(H3,35,36,37);2*1-2H3. The predicted molar refractivity (Wildman–Crippen MR) is 157 cm³/mol. The van der Waals surface area contributed by atoms with Crippen LogP contribution in [0.15, 0.2) is 47.5 Å². The lowest BCUT2D eigenvalue weighted by Gasteiger charge is -2.26. The molecule has 3 aromatic carbocycles. The van der Waals surface area contributed by atoms with Crippen molar-refractivity contribution in [3.05, 3.63) is 70.3 Å². The topological polar surface area (TPSA) is 62.2 Å². The van der Waals surface area contributed by atoms with Crippen molar-refractivity contribution in [2.45, 2.75) is 91.9 Å². The number of amidine groups is 2. The minimum absolute atomic E-state index is 0.108. The van der Waals surface area contributed by atoms with E-state index in [1.807, 2.05) is 39.8 Å². The van der Waals surface area contributed by atoms with E-state index in [4.69, 9.17) is 11.1 Å². The van der Waals surface area contributed by atoms with Gasteiger partial charge in [0.25, 0.3) is 0 Å². The van der Waals surface area contributed by atoms with Crippen LogP contribution in [0.2, 0.25) is 0 Å². The number of alkyl halides is 6. The molecule has 0 bridgehead atoms. The summed E-state index contributed by atoms with van der Waals surface area (Å²) in [5, 5.41) is 9.22. The molecule has 0 unspecified atom stereocenters. The molecule has 0 saturated carbocycles. The van der Waals surface area contributed by atoms with Crippen LogP contribution in [0.5, 0.6) is 0 Å². The lowest BCUT2D eigenvalue weighted by molar-refractivity contribution is -0.143. The van der Waals surface area contributed by atoms with Gasteiger partial charge in [-0.25, -0.2) is 4.99 Å². The van der Waals surface area contributed by atoms with E-state index in [1.54, 1.807) is 12.1 Å². The Kier molecular flexibility index (Phi) is 10.8. The number of nitrogens with one attached hydrogen (secondary N) is 1. The Morgan fingerprint density at radius 3 is 1.83 bits per heavy atom. The fraction of sp³-hybridized carbons (Fsp3) is 0.438. The van der Waals surface area contributed by atoms with Crippen LogP contribution in [0.25, 0.3) is 21.9 Å². The third-order valence-corrected chi connectivity index (χ3v) is 6.95. The van der Waals surface area contributed by atoms with E-state index < -0.39 is 23.5 Å². The Morgan fingerprint density at radius 1 is 0.756 bits per heavy atom. The van der Waals surface area contributed by atoms with Gasteiger partial charge < -0.3 is 5.73 Å². The van der Waals surface area contributed by atoms with Crippen molar-refractivity contribution in [2.24, 2.45) is 10.7 Å². The molecule has 3 nitrogen and oxygen atoms in total. The predicted octanol–water partition coefficient (Wildman–Crippen LogP) is 10.5. The average molecular weight is 580 g/mol. The zero-order valence-corrected chi connectivity index (χ0v) is 24.7. The van der Waals surface area contributed by atoms with Gasteiger partial charge in [-0.3, -0.25) is 5.41 Å². The van der Waals surface area contributed by atoms with Gasteiger partial charge in [-0.05, 0) is 64.1 Å². The maximum atomic E-state index is 13.7. The average Bonchev–Trinajstić information content (AvgIpc) is 3.20. The quantitative estimate of drug-likeness (QED) is 0.221. The Balaban J connectivity index is 0.00000141. The van der Waals surface area contributed by atoms with Gasteiger partial charge in [0, 0.05) is 16.7 Å². The van der Waals surface area contributed by atoms with Crippen LogP contribution in [0.1, 0.15) is 102 Å². The van der Waals surface area contributed by atoms with E-state index in [0.717, 1.165) is 31.2 Å². The van der Waals surface area contributed by atoms with Gasteiger partial charge in [0.1, 0.15) is 5.84 Å². The first-order chi connectivity index (χ1) is 19.1. The fourth-order valence-electron chi connectivity index (χ4n) is 4.87. The van der Waals surface area contributed by atoms with E-state index in [9.17, 15) is 26.3 Å². The number of nitrogens with two attached hydrogens (primary N) is 1. The number of nitrogens with zero attached hydrogens (tertiary/aromatic N) is 1. The summed E-state index contributed by atoms with van der Waals surface area (Å²) < 4.78 is 82.2. The third kappa shape index (κ3) is 7.29. The first-order valence-corrected chi connectivity index (χ1v) is 14.0. The van der Waals surface area contributed by atoms with Crippen LogP contribution in [0.3, 0.4) is 0 Å². The molecule has 0 aromatic heterocycles. The van der Waals surface area contributed by atoms with Crippen molar-refractivity contribution in [3.63, 3.8) is 0 Å². The van der Waals surface area contributed by atoms with Crippen LogP contribution in [-0.4, -0.2) is 11.7 Å². The molecule has 1 aliphatic heterocycles. The molecule has 0 saturated heterocycles. The van der Waals surface area contributed by atoms with E-state index in [1.165, 1.54) is 0 Å². The normalized spacial score (nSPS) is 13.2. The Hall–Kier alpha value is -3.36. The van der Waals surface area contributed by atoms with Gasteiger partial charge >= 0.3 is 12.4 Å². The highest BCUT2D eigenvalue weighted by atomic mass is 19.4. The number of rotatable bonds is 6. The number of benzene rings is 3. The van der Waals surface area contributed by atoms with Gasteiger partial charge in [-0.2, -0.15) is 26.3 Å². The molecule has 0 fully saturated rings. The molecule has 41 heavy (non-hydrogen) atoms. The second-order valence-electron chi connectivity index (χ2n) is 10.1. The smallest absolute Gasteiger partial charge is 0.383 e. The first kappa shape index (κ1) is 33.8. The van der Waals surface area contributed by atoms with Crippen LogP contribution in [0, 0.1) is 5.41 Å². The molecular formula is C32H39F6N3. The van der Waals surface area contributed by atoms with E-state index >= 15 is 0 Å². The molecule has 0 radical (unpaired) electrons. The Labute approximate surface area is 238 Å². The van der Waals surface area contributed by atoms with E-state index in [0.29, 0.717) is 22.9 Å². The summed E-state index contributed by atoms with van der Waals surface area (Å²) in [7, 11) is 0. The van der Waals surface area contributed by atoms with E-state index in [2.05, 4.69) is 25.8 Å². The first-order valence-electron chi connectivity index (χ1n) is 14.0. The van der Waals surface area contributed by atoms with Crippen molar-refractivity contribution < 1.29 is 26.3 Å². The Morgan fingerprint density at radius 2 is 1.32 bits per heavy atom. The lowest BCUT2D eigenvalue weighted by atomic mass is 9.78. The number of hydrogen-bond acceptors (Lipinski definition) is 2. The number of hydrogen-bond donors (Lipinski definition) is 2. The summed E-state index contributed by atoms with van der Waals surface area (Å²) in [5.74, 6) is -0.307. The Bertz CT molecular complexity index is 1380. The lowest BCUT2D eigenvalue weighted by Crippen LogP contribution is -2.17. The van der Waals surface area contributed by atoms with Crippen molar-refractivity contribution in [1.82, 2.24) is 0 Å². The largest absolute Gasteiger partial charge is 0.416 e. The SMILES string of the molecule is CC.CC.CCCCCC(C)(C)c1ccc2cc3c(c(-c4cc(C(F)(F)F)cc(C(F)(F)F)c4)c2c1)C(N)=NC3=N. The van der Waals surface area contributed by atoms with Gasteiger partial charge in [0.05, 0.1) is 11.1 Å². The van der Waals surface area contributed by atoms with Crippen molar-refractivity contribution >= 4 is 22.4 Å². The minimum atomic E-state index is -5.00. The molecule has 0 atom stereocenters. The van der Waals surface area contributed by atoms with Crippen LogP contribution in [0.4, 0.5) is 26.3 Å². The van der Waals surface area contributed by atoms with Crippen LogP contribution < -0.4 is 5.73 Å². The molecule has 1 heterocycles. The van der Waals surface area contributed by atoms with Gasteiger partial charge in [-0.1, -0.05) is 79.9 Å². The highest BCUT2D eigenvalue weighted by molar-refractivity contribution is 6.27. The molecule has 224 valence electrons. The summed E-state index contributed by atoms with van der Waals surface area (Å²) in [4.78, 5) is 3.96. The third-order valence-electron chi connectivity index (χ3n) is 6.95. The molecule has 1 aliphatic rings. The molecule has 0 amide bonds. The fourth-order valence-corrected chi connectivity index (χ4v) is 4.87. The summed E-state index contributed by atoms with van der Waals surface area (Å²) >= 11 is 0. The zero-order chi connectivity index (χ0) is 31.3. The molecule has 3 N–H and O–H groups in total. The zero-order valence-electron chi connectivity index (χ0n) is 24.7. The molecule has 3 aromatic rings. The molecule has 0 aliphatic carbocycles. The van der Waals surface area contributed by atoms with Gasteiger partial charge in [0.15, 0.2) is 5.84 Å². The second-order valence-corrected chi connectivity index (χ2v) is 10.1. The number of aliphatic imine (C=N–C) groups is 1. The molecule has 9 heteroatoms. The number of unbranched alkanes of at least 4 members (excludes halogenated alkanes) is 2. The maximum absolute atomic E-state index is 13.7. The highest BCUT2D eigenvalue weighted by Crippen LogP contribution is 2.44. The number of fused-ring (bicyclic) bond motifs is 2.